The molecule has 1 aromatic rings. The third-order valence-corrected chi connectivity index (χ3v) is 2.82. The monoisotopic (exact) mass is 249 g/mol. The van der Waals surface area contributed by atoms with Crippen molar-refractivity contribution >= 4 is 33.2 Å². The van der Waals surface area contributed by atoms with Crippen molar-refractivity contribution in [1.29, 1.82) is 0 Å². The Hall–Kier alpha value is -0.590. The molecule has 4 nitrogen and oxygen atoms in total. The Bertz CT molecular complexity index is 286. The summed E-state index contributed by atoms with van der Waals surface area (Å²) in [6, 6.07) is 1.96. The van der Waals surface area contributed by atoms with Crippen LogP contribution in [-0.2, 0) is 6.54 Å². The molecule has 0 atom stereocenters. The van der Waals surface area contributed by atoms with Crippen LogP contribution in [0.5, 0.6) is 0 Å². The van der Waals surface area contributed by atoms with Gasteiger partial charge >= 0.3 is 0 Å². The molecule has 0 aliphatic heterocycles. The lowest BCUT2D eigenvalue weighted by molar-refractivity contribution is 0.232. The standard InChI is InChI=1S/C6H8BrN3OS/c7-4-1-5(12-3-4)2-9-6(8)10-11/h1,3,11H,2H2,(H3,8,9,10). The Kier molecular flexibility index (Phi) is 3.51. The van der Waals surface area contributed by atoms with Crippen molar-refractivity contribution in [3.8, 4) is 0 Å². The molecule has 0 spiro atoms. The summed E-state index contributed by atoms with van der Waals surface area (Å²) < 4.78 is 1.04. The van der Waals surface area contributed by atoms with Crippen LogP contribution in [0, 0.1) is 0 Å². The van der Waals surface area contributed by atoms with E-state index in [9.17, 15) is 0 Å². The summed E-state index contributed by atoms with van der Waals surface area (Å²) >= 11 is 4.91. The molecule has 12 heavy (non-hydrogen) atoms. The van der Waals surface area contributed by atoms with Gasteiger partial charge < -0.3 is 5.73 Å². The number of halogens is 1. The second-order valence-corrected chi connectivity index (χ2v) is 3.96. The SMILES string of the molecule is NC(=NCc1cc(Br)cs1)NO. The van der Waals surface area contributed by atoms with Crippen LogP contribution < -0.4 is 11.2 Å². The third kappa shape index (κ3) is 2.80. The van der Waals surface area contributed by atoms with Crippen LogP contribution in [0.15, 0.2) is 20.9 Å². The molecule has 1 aromatic heterocycles. The minimum absolute atomic E-state index is 0.0273. The number of hydroxylamine groups is 1. The van der Waals surface area contributed by atoms with Crippen molar-refractivity contribution in [2.45, 2.75) is 6.54 Å². The molecule has 4 N–H and O–H groups in total. The predicted molar refractivity (Wildman–Crippen MR) is 52.3 cm³/mol. The Morgan fingerprint density at radius 2 is 2.58 bits per heavy atom. The Morgan fingerprint density at radius 1 is 1.83 bits per heavy atom. The predicted octanol–water partition coefficient (Wildman–Crippen LogP) is 1.30. The molecule has 0 radical (unpaired) electrons. The van der Waals surface area contributed by atoms with Gasteiger partial charge in [-0.1, -0.05) is 0 Å². The van der Waals surface area contributed by atoms with Crippen LogP contribution in [0.3, 0.4) is 0 Å². The lowest BCUT2D eigenvalue weighted by Gasteiger charge is -1.94. The number of hydrogen-bond acceptors (Lipinski definition) is 3. The first-order valence-electron chi connectivity index (χ1n) is 3.15. The van der Waals surface area contributed by atoms with Crippen molar-refractivity contribution in [2.75, 3.05) is 0 Å². The molecule has 0 unspecified atom stereocenters. The summed E-state index contributed by atoms with van der Waals surface area (Å²) in [5.41, 5.74) is 6.97. The van der Waals surface area contributed by atoms with Crippen molar-refractivity contribution in [1.82, 2.24) is 5.48 Å². The minimum Gasteiger partial charge on any atom is -0.368 e. The number of aliphatic imine (C=N–C) groups is 1. The van der Waals surface area contributed by atoms with Crippen LogP contribution in [0.2, 0.25) is 0 Å². The highest BCUT2D eigenvalue weighted by molar-refractivity contribution is 9.10. The van der Waals surface area contributed by atoms with Crippen LogP contribution in [-0.4, -0.2) is 11.2 Å². The fourth-order valence-electron chi connectivity index (χ4n) is 0.635. The maximum Gasteiger partial charge on any atom is 0.213 e. The smallest absolute Gasteiger partial charge is 0.213 e. The molecule has 1 heterocycles. The summed E-state index contributed by atoms with van der Waals surface area (Å²) in [7, 11) is 0. The first-order chi connectivity index (χ1) is 5.72. The van der Waals surface area contributed by atoms with Crippen LogP contribution in [0.1, 0.15) is 4.88 Å². The highest BCUT2D eigenvalue weighted by Crippen LogP contribution is 2.20. The molecule has 6 heteroatoms. The number of nitrogens with one attached hydrogen (secondary N) is 1. The van der Waals surface area contributed by atoms with Gasteiger partial charge in [0.2, 0.25) is 5.96 Å². The first kappa shape index (κ1) is 9.50. The molecule has 66 valence electrons. The van der Waals surface area contributed by atoms with Crippen LogP contribution >= 0.6 is 27.3 Å². The summed E-state index contributed by atoms with van der Waals surface area (Å²) in [4.78, 5) is 4.93. The number of thiophene rings is 1. The molecular weight excluding hydrogens is 242 g/mol. The molecule has 0 saturated carbocycles. The normalized spacial score (nSPS) is 11.7. The molecule has 0 amide bonds. The maximum absolute atomic E-state index is 8.31. The zero-order chi connectivity index (χ0) is 8.97. The van der Waals surface area contributed by atoms with Gasteiger partial charge in [-0.3, -0.25) is 5.21 Å². The molecule has 0 saturated heterocycles. The van der Waals surface area contributed by atoms with E-state index in [4.69, 9.17) is 10.9 Å². The van der Waals surface area contributed by atoms with Gasteiger partial charge in [0.05, 0.1) is 6.54 Å². The summed E-state index contributed by atoms with van der Waals surface area (Å²) in [6.07, 6.45) is 0. The van der Waals surface area contributed by atoms with Crippen molar-refractivity contribution in [3.05, 3.63) is 20.8 Å². The molecule has 0 aliphatic carbocycles. The highest BCUT2D eigenvalue weighted by Gasteiger charge is 1.95. The number of guanidine groups is 1. The molecule has 0 aromatic carbocycles. The molecule has 0 bridgehead atoms. The van der Waals surface area contributed by atoms with Gasteiger partial charge in [0, 0.05) is 14.7 Å². The third-order valence-electron chi connectivity index (χ3n) is 1.14. The van der Waals surface area contributed by atoms with Gasteiger partial charge in [0.25, 0.3) is 0 Å². The quantitative estimate of drug-likeness (QED) is 0.421. The molecule has 1 rings (SSSR count). The fraction of sp³-hybridized carbons (Fsp3) is 0.167. The second-order valence-electron chi connectivity index (χ2n) is 2.04. The van der Waals surface area contributed by atoms with E-state index >= 15 is 0 Å². The highest BCUT2D eigenvalue weighted by atomic mass is 79.9. The second kappa shape index (κ2) is 4.44. The summed E-state index contributed by atoms with van der Waals surface area (Å²) in [6.45, 7) is 0.482. The first-order valence-corrected chi connectivity index (χ1v) is 4.82. The van der Waals surface area contributed by atoms with E-state index in [2.05, 4.69) is 20.9 Å². The zero-order valence-electron chi connectivity index (χ0n) is 6.12. The molecule has 0 aliphatic rings. The van der Waals surface area contributed by atoms with E-state index in [0.29, 0.717) is 6.54 Å². The van der Waals surface area contributed by atoms with E-state index in [1.807, 2.05) is 11.4 Å². The average Bonchev–Trinajstić information content (AvgIpc) is 2.47. The van der Waals surface area contributed by atoms with Gasteiger partial charge in [0.1, 0.15) is 0 Å². The van der Waals surface area contributed by atoms with Gasteiger partial charge in [-0.2, -0.15) is 0 Å². The number of rotatable bonds is 2. The van der Waals surface area contributed by atoms with E-state index < -0.39 is 0 Å². The van der Waals surface area contributed by atoms with Crippen LogP contribution in [0.25, 0.3) is 0 Å². The molecular formula is C6H8BrN3OS. The van der Waals surface area contributed by atoms with E-state index in [0.717, 1.165) is 9.35 Å². The number of nitrogens with two attached hydrogens (primary N) is 1. The zero-order valence-corrected chi connectivity index (χ0v) is 8.52. The van der Waals surface area contributed by atoms with Gasteiger partial charge in [0.15, 0.2) is 0 Å². The number of hydrogen-bond donors (Lipinski definition) is 3. The van der Waals surface area contributed by atoms with Gasteiger partial charge in [-0.05, 0) is 22.0 Å². The average molecular weight is 250 g/mol. The Morgan fingerprint density at radius 3 is 3.08 bits per heavy atom. The molecule has 0 fully saturated rings. The Balaban J connectivity index is 2.53. The van der Waals surface area contributed by atoms with Crippen molar-refractivity contribution in [2.24, 2.45) is 10.7 Å². The van der Waals surface area contributed by atoms with Crippen LogP contribution in [0.4, 0.5) is 0 Å². The van der Waals surface area contributed by atoms with E-state index in [-0.39, 0.29) is 5.96 Å². The minimum atomic E-state index is 0.0273. The largest absolute Gasteiger partial charge is 0.368 e. The Labute approximate surface area is 82.2 Å². The van der Waals surface area contributed by atoms with Gasteiger partial charge in [-0.25, -0.2) is 10.5 Å². The topological polar surface area (TPSA) is 70.6 Å². The maximum atomic E-state index is 8.31. The fourth-order valence-corrected chi connectivity index (χ4v) is 2.01. The van der Waals surface area contributed by atoms with Crippen molar-refractivity contribution < 1.29 is 5.21 Å². The lowest BCUT2D eigenvalue weighted by Crippen LogP contribution is -2.28. The van der Waals surface area contributed by atoms with E-state index in [1.54, 1.807) is 16.8 Å². The summed E-state index contributed by atoms with van der Waals surface area (Å²) in [5, 5.41) is 10.3. The number of nitrogens with zero attached hydrogens (tertiary/aromatic N) is 1. The van der Waals surface area contributed by atoms with Gasteiger partial charge in [-0.15, -0.1) is 11.3 Å². The lowest BCUT2D eigenvalue weighted by atomic mass is 10.5. The van der Waals surface area contributed by atoms with E-state index in [1.165, 1.54) is 0 Å². The van der Waals surface area contributed by atoms with Crippen molar-refractivity contribution in [3.63, 3.8) is 0 Å². The summed E-state index contributed by atoms with van der Waals surface area (Å²) in [5.74, 6) is 0.0273.